The molecule has 8 rings (SSSR count). The third kappa shape index (κ3) is 5.37. The van der Waals surface area contributed by atoms with Crippen LogP contribution in [0.4, 0.5) is 45.5 Å². The molecule has 0 unspecified atom stereocenters. The number of benzene rings is 8. The summed E-state index contributed by atoms with van der Waals surface area (Å²) in [5.41, 5.74) is 18.1. The van der Waals surface area contributed by atoms with Gasteiger partial charge in [-0.15, -0.1) is 25.6 Å². The molecule has 0 radical (unpaired) electrons. The summed E-state index contributed by atoms with van der Waals surface area (Å²) in [6.45, 7) is 0. The molecule has 0 heterocycles. The summed E-state index contributed by atoms with van der Waals surface area (Å²) in [4.78, 5) is 0. The van der Waals surface area contributed by atoms with E-state index in [0.29, 0.717) is 28.4 Å². The number of hydrogen-bond donors (Lipinski definition) is 2. The molecule has 0 atom stereocenters. The molecular formula is C40H28N8. The van der Waals surface area contributed by atoms with Gasteiger partial charge in [0.15, 0.2) is 0 Å². The smallest absolute Gasteiger partial charge is 0.0957 e. The van der Waals surface area contributed by atoms with Crippen molar-refractivity contribution in [2.75, 3.05) is 11.5 Å². The molecule has 8 heteroatoms. The van der Waals surface area contributed by atoms with Crippen LogP contribution in [0, 0.1) is 0 Å². The Labute approximate surface area is 275 Å². The van der Waals surface area contributed by atoms with E-state index in [1.165, 1.54) is 0 Å². The number of fused-ring (bicyclic) bond motifs is 4. The van der Waals surface area contributed by atoms with E-state index < -0.39 is 0 Å². The van der Waals surface area contributed by atoms with Crippen LogP contribution in [0.5, 0.6) is 0 Å². The van der Waals surface area contributed by atoms with Crippen LogP contribution in [0.2, 0.25) is 0 Å². The highest BCUT2D eigenvalue weighted by atomic mass is 15.1. The highest BCUT2D eigenvalue weighted by molar-refractivity contribution is 6.02. The highest BCUT2D eigenvalue weighted by Gasteiger charge is 2.09. The standard InChI is InChI=1S/C40H28N8/c41-34-17-19-36(30-13-5-3-11-28(30)34)45-46-39-22-21-38(32-15-7-8-16-33(32)39)44-43-26-23-25-9-1-2-10-27(25)40(24-26)48-47-37-20-18-35(42)29-12-4-6-14-31(29)37/h1-24H,41-42H2. The van der Waals surface area contributed by atoms with Crippen molar-refractivity contribution < 1.29 is 0 Å². The predicted octanol–water partition coefficient (Wildman–Crippen LogP) is 12.7. The van der Waals surface area contributed by atoms with Crippen LogP contribution in [0.25, 0.3) is 43.1 Å². The molecule has 48 heavy (non-hydrogen) atoms. The molecule has 0 bridgehead atoms. The molecule has 0 fully saturated rings. The molecule has 8 nitrogen and oxygen atoms in total. The SMILES string of the molecule is Nc1ccc(N=Nc2cc(N=Nc3ccc(N=Nc4ccc(N)c5ccccc45)c4ccccc34)cc3ccccc23)c2ccccc12. The first-order chi connectivity index (χ1) is 23.6. The lowest BCUT2D eigenvalue weighted by atomic mass is 10.1. The maximum Gasteiger partial charge on any atom is 0.0957 e. The van der Waals surface area contributed by atoms with Gasteiger partial charge in [0.05, 0.1) is 34.1 Å². The van der Waals surface area contributed by atoms with Crippen molar-refractivity contribution >= 4 is 88.6 Å². The molecule has 0 aliphatic rings. The fraction of sp³-hybridized carbons (Fsp3) is 0. The van der Waals surface area contributed by atoms with Gasteiger partial charge in [0.2, 0.25) is 0 Å². The van der Waals surface area contributed by atoms with Crippen molar-refractivity contribution in [2.45, 2.75) is 0 Å². The number of nitrogens with two attached hydrogens (primary N) is 2. The van der Waals surface area contributed by atoms with Crippen molar-refractivity contribution in [1.82, 2.24) is 0 Å². The molecule has 0 saturated carbocycles. The summed E-state index contributed by atoms with van der Waals surface area (Å²) < 4.78 is 0. The quantitative estimate of drug-likeness (QED) is 0.142. The number of nitrogens with zero attached hydrogens (tertiary/aromatic N) is 6. The number of hydrogen-bond acceptors (Lipinski definition) is 8. The number of rotatable bonds is 6. The zero-order valence-electron chi connectivity index (χ0n) is 25.7. The van der Waals surface area contributed by atoms with Gasteiger partial charge in [0.1, 0.15) is 0 Å². The zero-order valence-corrected chi connectivity index (χ0v) is 25.7. The molecule has 0 saturated heterocycles. The normalized spacial score (nSPS) is 12.1. The Bertz CT molecular complexity index is 2600. The minimum absolute atomic E-state index is 0.660. The first-order valence-corrected chi connectivity index (χ1v) is 15.5. The van der Waals surface area contributed by atoms with Gasteiger partial charge in [0, 0.05) is 49.1 Å². The summed E-state index contributed by atoms with van der Waals surface area (Å²) in [6, 6.07) is 47.1. The predicted molar refractivity (Wildman–Crippen MR) is 197 cm³/mol. The Morgan fingerprint density at radius 3 is 1.15 bits per heavy atom. The fourth-order valence-corrected chi connectivity index (χ4v) is 5.97. The van der Waals surface area contributed by atoms with Gasteiger partial charge < -0.3 is 11.5 Å². The van der Waals surface area contributed by atoms with Gasteiger partial charge in [-0.1, -0.05) is 97.1 Å². The zero-order chi connectivity index (χ0) is 32.5. The molecule has 228 valence electrons. The lowest BCUT2D eigenvalue weighted by Crippen LogP contribution is -1.86. The van der Waals surface area contributed by atoms with E-state index in [4.69, 9.17) is 11.5 Å². The van der Waals surface area contributed by atoms with Gasteiger partial charge in [-0.05, 0) is 53.9 Å². The minimum atomic E-state index is 0.660. The van der Waals surface area contributed by atoms with E-state index in [9.17, 15) is 0 Å². The van der Waals surface area contributed by atoms with E-state index >= 15 is 0 Å². The Morgan fingerprint density at radius 1 is 0.292 bits per heavy atom. The van der Waals surface area contributed by atoms with Crippen molar-refractivity contribution in [2.24, 2.45) is 30.7 Å². The van der Waals surface area contributed by atoms with Gasteiger partial charge in [-0.25, -0.2) is 0 Å². The number of azo groups is 3. The average Bonchev–Trinajstić information content (AvgIpc) is 3.14. The molecule has 0 spiro atoms. The second kappa shape index (κ2) is 12.2. The Balaban J connectivity index is 1.14. The van der Waals surface area contributed by atoms with Gasteiger partial charge >= 0.3 is 0 Å². The van der Waals surface area contributed by atoms with E-state index in [1.807, 2.05) is 146 Å². The third-order valence-electron chi connectivity index (χ3n) is 8.38. The maximum atomic E-state index is 6.20. The molecule has 0 amide bonds. The van der Waals surface area contributed by atoms with Gasteiger partial charge in [0.25, 0.3) is 0 Å². The second-order valence-electron chi connectivity index (χ2n) is 11.4. The van der Waals surface area contributed by atoms with Crippen molar-refractivity contribution in [3.05, 3.63) is 146 Å². The van der Waals surface area contributed by atoms with Crippen molar-refractivity contribution in [3.8, 4) is 0 Å². The Morgan fingerprint density at radius 2 is 0.646 bits per heavy atom. The first kappa shape index (κ1) is 28.7. The molecule has 0 aliphatic carbocycles. The monoisotopic (exact) mass is 620 g/mol. The minimum Gasteiger partial charge on any atom is -0.398 e. The third-order valence-corrected chi connectivity index (χ3v) is 8.38. The molecular weight excluding hydrogens is 592 g/mol. The van der Waals surface area contributed by atoms with Crippen LogP contribution in [0.3, 0.4) is 0 Å². The summed E-state index contributed by atoms with van der Waals surface area (Å²) >= 11 is 0. The van der Waals surface area contributed by atoms with E-state index in [2.05, 4.69) is 30.7 Å². The van der Waals surface area contributed by atoms with E-state index in [1.54, 1.807) is 0 Å². The van der Waals surface area contributed by atoms with Crippen LogP contribution in [-0.2, 0) is 0 Å². The Kier molecular flexibility index (Phi) is 7.28. The van der Waals surface area contributed by atoms with Crippen molar-refractivity contribution in [1.29, 1.82) is 0 Å². The van der Waals surface area contributed by atoms with Crippen molar-refractivity contribution in [3.63, 3.8) is 0 Å². The highest BCUT2D eigenvalue weighted by Crippen LogP contribution is 2.39. The van der Waals surface area contributed by atoms with Crippen LogP contribution in [-0.4, -0.2) is 0 Å². The molecule has 8 aromatic carbocycles. The topological polar surface area (TPSA) is 126 Å². The van der Waals surface area contributed by atoms with Crippen LogP contribution >= 0.6 is 0 Å². The van der Waals surface area contributed by atoms with E-state index in [0.717, 1.165) is 60.2 Å². The van der Waals surface area contributed by atoms with Crippen LogP contribution < -0.4 is 11.5 Å². The molecule has 0 aliphatic heterocycles. The summed E-state index contributed by atoms with van der Waals surface area (Å²) in [6.07, 6.45) is 0. The Hall–Kier alpha value is -6.80. The lowest BCUT2D eigenvalue weighted by molar-refractivity contribution is 1.22. The number of anilines is 2. The molecule has 8 aromatic rings. The van der Waals surface area contributed by atoms with Gasteiger partial charge in [-0.2, -0.15) is 5.11 Å². The average molecular weight is 621 g/mol. The van der Waals surface area contributed by atoms with Crippen LogP contribution in [0.1, 0.15) is 0 Å². The summed E-state index contributed by atoms with van der Waals surface area (Å²) in [7, 11) is 0. The van der Waals surface area contributed by atoms with E-state index in [-0.39, 0.29) is 0 Å². The fourth-order valence-electron chi connectivity index (χ4n) is 5.97. The molecule has 0 aromatic heterocycles. The lowest BCUT2D eigenvalue weighted by Gasteiger charge is -2.07. The second-order valence-corrected chi connectivity index (χ2v) is 11.4. The number of nitrogen functional groups attached to an aromatic ring is 2. The summed E-state index contributed by atoms with van der Waals surface area (Å²) in [5, 5.41) is 35.5. The maximum absolute atomic E-state index is 6.20. The van der Waals surface area contributed by atoms with Gasteiger partial charge in [-0.3, -0.25) is 0 Å². The summed E-state index contributed by atoms with van der Waals surface area (Å²) in [5.74, 6) is 0. The van der Waals surface area contributed by atoms with Crippen LogP contribution in [0.15, 0.2) is 176 Å². The molecule has 4 N–H and O–H groups in total. The first-order valence-electron chi connectivity index (χ1n) is 15.5. The largest absolute Gasteiger partial charge is 0.398 e.